The van der Waals surface area contributed by atoms with Crippen molar-refractivity contribution in [1.29, 1.82) is 0 Å². The normalized spacial score (nSPS) is 10.5. The first kappa shape index (κ1) is 62.4. The van der Waals surface area contributed by atoms with E-state index >= 15 is 0 Å². The molecule has 4 radical (unpaired) electrons. The molecular weight excluding hydrogens is 799 g/mol. The molecule has 0 aliphatic rings. The molecule has 0 aliphatic heterocycles. The number of carboxylic acids is 2. The van der Waals surface area contributed by atoms with E-state index in [0.29, 0.717) is 25.4 Å². The van der Waals surface area contributed by atoms with E-state index < -0.39 is 23.9 Å². The van der Waals surface area contributed by atoms with Crippen molar-refractivity contribution in [3.8, 4) is 0 Å². The Balaban J connectivity index is -0.000000249. The molecule has 0 heterocycles. The molecule has 0 unspecified atom stereocenters. The zero-order chi connectivity index (χ0) is 41.5. The Hall–Kier alpha value is -1.84. The van der Waals surface area contributed by atoms with Gasteiger partial charge in [0.1, 0.15) is 0 Å². The number of aliphatic carboxylic acids is 2. The smallest absolute Gasteiger partial charge is 0.545 e. The van der Waals surface area contributed by atoms with Gasteiger partial charge < -0.3 is 29.3 Å². The molecule has 9 heteroatoms. The molecule has 0 aromatic rings. The molecule has 55 heavy (non-hydrogen) atoms. The number of carbonyl (C=O) groups is 4. The van der Waals surface area contributed by atoms with Crippen LogP contribution in [0.25, 0.3) is 0 Å². The van der Waals surface area contributed by atoms with Gasteiger partial charge in [-0.1, -0.05) is 209 Å². The van der Waals surface area contributed by atoms with Crippen LogP contribution in [0.1, 0.15) is 208 Å². The second-order valence-electron chi connectivity index (χ2n) is 14.8. The number of esters is 2. The van der Waals surface area contributed by atoms with Crippen LogP contribution in [0.4, 0.5) is 0 Å². The predicted molar refractivity (Wildman–Crippen MR) is 228 cm³/mol. The molecular formula is C46H84O8Sn. The van der Waals surface area contributed by atoms with Crippen molar-refractivity contribution in [2.24, 2.45) is 11.8 Å². The van der Waals surface area contributed by atoms with E-state index in [1.54, 1.807) is 0 Å². The fourth-order valence-corrected chi connectivity index (χ4v) is 4.85. The minimum absolute atomic E-state index is 0. The summed E-state index contributed by atoms with van der Waals surface area (Å²) in [6, 6.07) is 0. The van der Waals surface area contributed by atoms with E-state index in [4.69, 9.17) is 9.47 Å². The van der Waals surface area contributed by atoms with E-state index in [0.717, 1.165) is 62.5 Å². The fourth-order valence-electron chi connectivity index (χ4n) is 4.85. The number of carboxylic acid groups (broad SMARTS) is 2. The fraction of sp³-hybridized carbons (Fsp3) is 0.783. The van der Waals surface area contributed by atoms with Crippen molar-refractivity contribution in [1.82, 2.24) is 0 Å². The van der Waals surface area contributed by atoms with Crippen LogP contribution in [0, 0.1) is 25.7 Å². The zero-order valence-corrected chi connectivity index (χ0v) is 39.3. The van der Waals surface area contributed by atoms with Crippen LogP contribution in [-0.4, -0.2) is 61.0 Å². The standard InChI is InChI=1S/2C19H34O4.2C4H9.Sn/c2*1-17(2)13-11-9-7-5-3-4-6-8-10-12-16-23-19(22)15-14-18(20)21;2*1-3-4-2;/h2*14-15,17H,3-13,16H2,1-2H3,(H,20,21);2*1,3-4H2,2H3;/q;;;;+2/p-2/b2*15-14+;;;. The monoisotopic (exact) mass is 885 g/mol. The number of unbranched alkanes of at least 4 members (excludes halogenated alkanes) is 20. The minimum Gasteiger partial charge on any atom is -0.545 e. The largest absolute Gasteiger partial charge is 2.00 e. The molecule has 0 rings (SSSR count). The summed E-state index contributed by atoms with van der Waals surface area (Å²) >= 11 is 0. The van der Waals surface area contributed by atoms with Crippen LogP contribution in [0.3, 0.4) is 0 Å². The molecule has 320 valence electrons. The third-order valence-corrected chi connectivity index (χ3v) is 8.26. The van der Waals surface area contributed by atoms with E-state index in [9.17, 15) is 29.4 Å². The third-order valence-electron chi connectivity index (χ3n) is 8.26. The molecule has 0 N–H and O–H groups in total. The van der Waals surface area contributed by atoms with Gasteiger partial charge in [-0.15, -0.1) is 0 Å². The Morgan fingerprint density at radius 3 is 0.873 bits per heavy atom. The van der Waals surface area contributed by atoms with Gasteiger partial charge in [-0.2, -0.15) is 0 Å². The Kier molecular flexibility index (Phi) is 61.5. The number of hydrogen-bond acceptors (Lipinski definition) is 8. The maximum absolute atomic E-state index is 11.1. The summed E-state index contributed by atoms with van der Waals surface area (Å²) in [5, 5.41) is 20.2. The first-order valence-corrected chi connectivity index (χ1v) is 21.6. The molecule has 0 bridgehead atoms. The van der Waals surface area contributed by atoms with Crippen molar-refractivity contribution in [2.45, 2.75) is 208 Å². The Bertz CT molecular complexity index is 796. The van der Waals surface area contributed by atoms with Gasteiger partial charge in [0.15, 0.2) is 0 Å². The average Bonchev–Trinajstić information content (AvgIpc) is 3.13. The number of carbonyl (C=O) groups excluding carboxylic acids is 4. The van der Waals surface area contributed by atoms with Gasteiger partial charge >= 0.3 is 35.8 Å². The van der Waals surface area contributed by atoms with Gasteiger partial charge in [0, 0.05) is 12.2 Å². The van der Waals surface area contributed by atoms with Crippen LogP contribution in [0.15, 0.2) is 24.3 Å². The van der Waals surface area contributed by atoms with Gasteiger partial charge in [0.2, 0.25) is 0 Å². The van der Waals surface area contributed by atoms with Crippen molar-refractivity contribution in [3.63, 3.8) is 0 Å². The predicted octanol–water partition coefficient (Wildman–Crippen LogP) is 10.4. The Labute approximate surface area is 356 Å². The summed E-state index contributed by atoms with van der Waals surface area (Å²) in [7, 11) is 0. The van der Waals surface area contributed by atoms with E-state index in [2.05, 4.69) is 55.4 Å². The quantitative estimate of drug-likeness (QED) is 0.0282. The maximum atomic E-state index is 11.1. The second-order valence-corrected chi connectivity index (χ2v) is 14.8. The van der Waals surface area contributed by atoms with Crippen molar-refractivity contribution < 1.29 is 38.9 Å². The summed E-state index contributed by atoms with van der Waals surface area (Å²) in [6.07, 6.45) is 35.1. The number of ether oxygens (including phenoxy) is 2. The van der Waals surface area contributed by atoms with Crippen molar-refractivity contribution >= 4 is 47.8 Å². The first-order valence-electron chi connectivity index (χ1n) is 21.6. The number of hydrogen-bond donors (Lipinski definition) is 0. The zero-order valence-electron chi connectivity index (χ0n) is 36.4. The van der Waals surface area contributed by atoms with Crippen molar-refractivity contribution in [2.75, 3.05) is 13.2 Å². The van der Waals surface area contributed by atoms with Gasteiger partial charge in [-0.25, -0.2) is 9.59 Å². The van der Waals surface area contributed by atoms with E-state index in [1.165, 1.54) is 128 Å². The molecule has 0 amide bonds. The first-order chi connectivity index (χ1) is 25.9. The summed E-state index contributed by atoms with van der Waals surface area (Å²) in [6.45, 7) is 21.3. The van der Waals surface area contributed by atoms with Crippen LogP contribution in [0.5, 0.6) is 0 Å². The van der Waals surface area contributed by atoms with E-state index in [1.807, 2.05) is 0 Å². The van der Waals surface area contributed by atoms with Gasteiger partial charge in [-0.05, 0) is 36.8 Å². The van der Waals surface area contributed by atoms with Gasteiger partial charge in [0.25, 0.3) is 0 Å². The van der Waals surface area contributed by atoms with Crippen LogP contribution < -0.4 is 10.2 Å². The molecule has 8 nitrogen and oxygen atoms in total. The average molecular weight is 884 g/mol. The molecule has 0 saturated carbocycles. The van der Waals surface area contributed by atoms with Crippen LogP contribution in [0.2, 0.25) is 0 Å². The summed E-state index contributed by atoms with van der Waals surface area (Å²) in [5.41, 5.74) is 0. The summed E-state index contributed by atoms with van der Waals surface area (Å²) in [4.78, 5) is 42.3. The molecule has 0 atom stereocenters. The summed E-state index contributed by atoms with van der Waals surface area (Å²) < 4.78 is 9.75. The number of rotatable bonds is 32. The molecule has 0 aromatic carbocycles. The van der Waals surface area contributed by atoms with Crippen LogP contribution >= 0.6 is 0 Å². The summed E-state index contributed by atoms with van der Waals surface area (Å²) in [5.74, 6) is -2.35. The third kappa shape index (κ3) is 73.8. The second kappa shape index (κ2) is 54.3. The molecule has 0 aliphatic carbocycles. The van der Waals surface area contributed by atoms with Gasteiger partial charge in [0.05, 0.1) is 25.2 Å². The topological polar surface area (TPSA) is 133 Å². The molecule has 0 saturated heterocycles. The van der Waals surface area contributed by atoms with Crippen LogP contribution in [-0.2, 0) is 28.7 Å². The minimum atomic E-state index is -1.39. The van der Waals surface area contributed by atoms with Gasteiger partial charge in [-0.3, -0.25) is 0 Å². The SMILES string of the molecule is CC(C)CCCCCCCCCCCCOC(=O)/C=C/C(=O)[O-].CC(C)CCCCCCCCCCCCOC(=O)/C=C/C(=O)[O-].[CH2]CCC.[CH2]CCC.[Sn+2]. The molecule has 0 fully saturated rings. The van der Waals surface area contributed by atoms with Crippen molar-refractivity contribution in [3.05, 3.63) is 38.2 Å². The maximum Gasteiger partial charge on any atom is 2.00 e. The Morgan fingerprint density at radius 2 is 0.673 bits per heavy atom. The Morgan fingerprint density at radius 1 is 0.455 bits per heavy atom. The molecule has 0 spiro atoms. The molecule has 0 aromatic heterocycles. The van der Waals surface area contributed by atoms with E-state index in [-0.39, 0.29) is 23.9 Å².